The van der Waals surface area contributed by atoms with Crippen molar-refractivity contribution in [3.8, 4) is 0 Å². The van der Waals surface area contributed by atoms with Gasteiger partial charge in [-0.15, -0.1) is 40.1 Å². The molecule has 2 heteroatoms. The Morgan fingerprint density at radius 1 is 0.730 bits per heavy atom. The van der Waals surface area contributed by atoms with Gasteiger partial charge in [0.2, 0.25) is 0 Å². The SMILES string of the molecule is CN(C)c1ccc2c(c1)[cH-]c1ccccc12.[C-]1=CC=CC1.[CH3-].[CH3-].[Zr]=[C](c1ccccc1)c1ccccc1. The molecule has 5 aromatic carbocycles. The van der Waals surface area contributed by atoms with Gasteiger partial charge in [-0.05, 0) is 0 Å². The maximum absolute atomic E-state index is 2.99. The molecule has 0 saturated heterocycles. The minimum atomic E-state index is 0. The summed E-state index contributed by atoms with van der Waals surface area (Å²) >= 11 is 1.46. The first-order valence-electron chi connectivity index (χ1n) is 11.8. The molecule has 0 aromatic heterocycles. The van der Waals surface area contributed by atoms with E-state index in [9.17, 15) is 0 Å². The topological polar surface area (TPSA) is 3.24 Å². The fourth-order valence-electron chi connectivity index (χ4n) is 3.95. The zero-order chi connectivity index (χ0) is 24.5. The van der Waals surface area contributed by atoms with Crippen LogP contribution in [0.15, 0.2) is 127 Å². The standard InChI is InChI=1S/C15H14N.C13H10.C5H5.2CH3.Zr/c1-16(2)13-7-8-15-12(10-13)9-11-5-3-4-6-14(11)15;1-3-7-12(8-4-1)11-13-9-5-2-6-10-13;1-2-4-5-3-1;;;/h3-10H,1-2H3;1-10H;1-3H,4H2;2*1H3;/q-1;;3*-1;. The Hall–Kier alpha value is -3.22. The Morgan fingerprint density at radius 2 is 1.30 bits per heavy atom. The first kappa shape index (κ1) is 30.0. The zero-order valence-corrected chi connectivity index (χ0v) is 24.7. The molecule has 0 amide bonds. The molecule has 0 aliphatic heterocycles. The van der Waals surface area contributed by atoms with Crippen LogP contribution in [-0.4, -0.2) is 17.3 Å². The van der Waals surface area contributed by atoms with Crippen LogP contribution in [0, 0.1) is 20.9 Å². The van der Waals surface area contributed by atoms with E-state index in [1.807, 2.05) is 12.2 Å². The van der Waals surface area contributed by atoms with E-state index < -0.39 is 0 Å². The van der Waals surface area contributed by atoms with E-state index >= 15 is 0 Å². The fraction of sp³-hybridized carbons (Fsp3) is 0.0857. The second-order valence-corrected chi connectivity index (χ2v) is 9.74. The van der Waals surface area contributed by atoms with Crippen molar-refractivity contribution < 1.29 is 24.2 Å². The van der Waals surface area contributed by atoms with Crippen molar-refractivity contribution >= 4 is 30.4 Å². The van der Waals surface area contributed by atoms with Gasteiger partial charge in [-0.3, -0.25) is 6.08 Å². The van der Waals surface area contributed by atoms with Crippen LogP contribution in [0.1, 0.15) is 17.5 Å². The van der Waals surface area contributed by atoms with Crippen molar-refractivity contribution in [2.45, 2.75) is 6.42 Å². The van der Waals surface area contributed by atoms with Gasteiger partial charge in [0.25, 0.3) is 0 Å². The number of hydrogen-bond donors (Lipinski definition) is 0. The number of fused-ring (bicyclic) bond motifs is 3. The van der Waals surface area contributed by atoms with E-state index in [0.29, 0.717) is 0 Å². The Balaban J connectivity index is 0.000000211. The van der Waals surface area contributed by atoms with E-state index in [2.05, 4.69) is 140 Å². The fourth-order valence-corrected chi connectivity index (χ4v) is 4.76. The first-order chi connectivity index (χ1) is 17.1. The molecule has 37 heavy (non-hydrogen) atoms. The maximum atomic E-state index is 2.99. The average molecular weight is 561 g/mol. The number of hydrogen-bond acceptors (Lipinski definition) is 1. The molecule has 0 bridgehead atoms. The second kappa shape index (κ2) is 15.1. The predicted octanol–water partition coefficient (Wildman–Crippen LogP) is 8.79. The summed E-state index contributed by atoms with van der Waals surface area (Å²) in [5, 5.41) is 5.35. The molecule has 1 nitrogen and oxygen atoms in total. The van der Waals surface area contributed by atoms with Gasteiger partial charge in [0.1, 0.15) is 0 Å². The summed E-state index contributed by atoms with van der Waals surface area (Å²) in [6, 6.07) is 38.6. The van der Waals surface area contributed by atoms with Crippen molar-refractivity contribution in [2.24, 2.45) is 0 Å². The summed E-state index contributed by atoms with van der Waals surface area (Å²) in [6.45, 7) is 0. The molecule has 0 fully saturated rings. The Morgan fingerprint density at radius 3 is 1.81 bits per heavy atom. The normalized spacial score (nSPS) is 10.8. The van der Waals surface area contributed by atoms with E-state index in [1.54, 1.807) is 0 Å². The number of anilines is 1. The summed E-state index contributed by atoms with van der Waals surface area (Å²) in [6.07, 6.45) is 10.0. The van der Waals surface area contributed by atoms with Gasteiger partial charge in [-0.1, -0.05) is 36.4 Å². The summed E-state index contributed by atoms with van der Waals surface area (Å²) in [4.78, 5) is 2.14. The van der Waals surface area contributed by atoms with Gasteiger partial charge in [0.15, 0.2) is 0 Å². The van der Waals surface area contributed by atoms with Gasteiger partial charge in [-0.25, -0.2) is 12.2 Å². The Bertz CT molecular complexity index is 1390. The molecule has 1 aliphatic carbocycles. The van der Waals surface area contributed by atoms with Crippen LogP contribution >= 0.6 is 0 Å². The van der Waals surface area contributed by atoms with Crippen LogP contribution in [0.4, 0.5) is 5.69 Å². The molecule has 0 atom stereocenters. The average Bonchev–Trinajstić information content (AvgIpc) is 3.61. The van der Waals surface area contributed by atoms with Crippen LogP contribution in [0.3, 0.4) is 0 Å². The van der Waals surface area contributed by atoms with Crippen molar-refractivity contribution in [3.63, 3.8) is 0 Å². The third-order valence-corrected chi connectivity index (χ3v) is 7.24. The number of benzene rings is 4. The summed E-state index contributed by atoms with van der Waals surface area (Å²) < 4.78 is 1.42. The van der Waals surface area contributed by atoms with Crippen molar-refractivity contribution in [1.82, 2.24) is 0 Å². The Kier molecular flexibility index (Phi) is 12.3. The zero-order valence-electron chi connectivity index (χ0n) is 22.3. The van der Waals surface area contributed by atoms with E-state index in [0.717, 1.165) is 6.42 Å². The van der Waals surface area contributed by atoms with E-state index in [4.69, 9.17) is 0 Å². The number of nitrogens with zero attached hydrogens (tertiary/aromatic N) is 1. The molecular weight excluding hydrogens is 526 g/mol. The molecular formula is C35H35NZr-4. The predicted molar refractivity (Wildman–Crippen MR) is 162 cm³/mol. The molecule has 0 N–H and O–H groups in total. The number of rotatable bonds is 3. The monoisotopic (exact) mass is 559 g/mol. The molecule has 1 aliphatic rings. The van der Waals surface area contributed by atoms with E-state index in [1.165, 1.54) is 65.8 Å². The van der Waals surface area contributed by atoms with Crippen LogP contribution < -0.4 is 4.90 Å². The minimum absolute atomic E-state index is 0. The van der Waals surface area contributed by atoms with Crippen LogP contribution in [0.25, 0.3) is 21.5 Å². The second-order valence-electron chi connectivity index (χ2n) is 8.51. The molecule has 0 saturated carbocycles. The van der Waals surface area contributed by atoms with Gasteiger partial charge in [0, 0.05) is 19.8 Å². The summed E-state index contributed by atoms with van der Waals surface area (Å²) in [7, 11) is 4.15. The van der Waals surface area contributed by atoms with Crippen molar-refractivity contribution in [3.05, 3.63) is 159 Å². The molecule has 0 unspecified atom stereocenters. The van der Waals surface area contributed by atoms with Crippen molar-refractivity contribution in [2.75, 3.05) is 19.0 Å². The molecule has 0 spiro atoms. The summed E-state index contributed by atoms with van der Waals surface area (Å²) in [5.41, 5.74) is 3.91. The first-order valence-corrected chi connectivity index (χ1v) is 13.0. The van der Waals surface area contributed by atoms with Gasteiger partial charge in [0.05, 0.1) is 0 Å². The van der Waals surface area contributed by atoms with Crippen LogP contribution in [0.2, 0.25) is 0 Å². The van der Waals surface area contributed by atoms with Gasteiger partial charge in [-0.2, -0.15) is 6.08 Å². The van der Waals surface area contributed by atoms with E-state index in [-0.39, 0.29) is 14.9 Å². The molecule has 0 heterocycles. The Labute approximate surface area is 238 Å². The molecule has 0 radical (unpaired) electrons. The van der Waals surface area contributed by atoms with Gasteiger partial charge < -0.3 is 19.8 Å². The van der Waals surface area contributed by atoms with Crippen LogP contribution in [-0.2, 0) is 24.2 Å². The van der Waals surface area contributed by atoms with Crippen LogP contribution in [0.5, 0.6) is 0 Å². The molecule has 6 rings (SSSR count). The van der Waals surface area contributed by atoms with Crippen molar-refractivity contribution in [1.29, 1.82) is 0 Å². The molecule has 5 aromatic rings. The molecule has 188 valence electrons. The third kappa shape index (κ3) is 8.14. The quantitative estimate of drug-likeness (QED) is 0.199. The summed E-state index contributed by atoms with van der Waals surface area (Å²) in [5.74, 6) is 0. The van der Waals surface area contributed by atoms with Gasteiger partial charge >= 0.3 is 99.2 Å². The third-order valence-electron chi connectivity index (χ3n) is 5.82. The number of allylic oxidation sites excluding steroid dienone is 4.